The Bertz CT molecular complexity index is 4570. The smallest absolute Gasteiger partial charge is 0.194 e. The Morgan fingerprint density at radius 1 is 0.582 bits per heavy atom. The quantitative estimate of drug-likeness (QED) is 0.0702. The number of nitrogens with zero attached hydrogens (tertiary/aromatic N) is 17. The zero-order chi connectivity index (χ0) is 62.3. The molecule has 0 saturated carbocycles. The number of aromatic hydroxyl groups is 2. The van der Waals surface area contributed by atoms with Gasteiger partial charge in [-0.1, -0.05) is 52.6 Å². The molecule has 2 unspecified atom stereocenters. The van der Waals surface area contributed by atoms with E-state index in [9.17, 15) is 15.5 Å². The number of thiazole rings is 3. The van der Waals surface area contributed by atoms with Crippen LogP contribution in [-0.4, -0.2) is 170 Å². The van der Waals surface area contributed by atoms with Crippen molar-refractivity contribution in [3.05, 3.63) is 109 Å². The van der Waals surface area contributed by atoms with Gasteiger partial charge in [0.1, 0.15) is 33.4 Å². The summed E-state index contributed by atoms with van der Waals surface area (Å²) in [5, 5.41) is 76.9. The molecule has 0 aliphatic carbocycles. The number of phenols is 2. The minimum Gasteiger partial charge on any atom is -0.507 e. The molecule has 0 radical (unpaired) electrons. The summed E-state index contributed by atoms with van der Waals surface area (Å²) in [7, 11) is 10.4. The average Bonchev–Trinajstić information content (AvgIpc) is 1.90. The maximum atomic E-state index is 10.6. The van der Waals surface area contributed by atoms with Gasteiger partial charge in [0.15, 0.2) is 26.7 Å². The van der Waals surface area contributed by atoms with Crippen LogP contribution in [0.4, 0.5) is 15.4 Å². The highest BCUT2D eigenvalue weighted by Gasteiger charge is 2.34. The van der Waals surface area contributed by atoms with Crippen molar-refractivity contribution in [2.24, 2.45) is 7.05 Å². The maximum absolute atomic E-state index is 10.6. The summed E-state index contributed by atoms with van der Waals surface area (Å²) >= 11 is 4.89. The van der Waals surface area contributed by atoms with Gasteiger partial charge in [0.05, 0.1) is 44.4 Å². The highest BCUT2D eigenvalue weighted by atomic mass is 32.1. The molecular weight excluding hydrogens is 1200 g/mol. The summed E-state index contributed by atoms with van der Waals surface area (Å²) in [5.74, 6) is 0.324. The van der Waals surface area contributed by atoms with Gasteiger partial charge in [0.2, 0.25) is 0 Å². The molecular formula is C65H69N21O2S3. The monoisotopic (exact) mass is 1270 g/mol. The van der Waals surface area contributed by atoms with Gasteiger partial charge < -0.3 is 40.4 Å². The van der Waals surface area contributed by atoms with E-state index in [1.807, 2.05) is 67.8 Å². The van der Waals surface area contributed by atoms with Crippen LogP contribution in [0.3, 0.4) is 0 Å². The molecule has 4 aliphatic rings. The van der Waals surface area contributed by atoms with Gasteiger partial charge in [-0.3, -0.25) is 14.9 Å². The fraction of sp³-hybridized carbons (Fsp3) is 0.354. The van der Waals surface area contributed by atoms with Crippen molar-refractivity contribution in [3.8, 4) is 73.6 Å². The number of pyridine rings is 1. The molecule has 2 bridgehead atoms. The summed E-state index contributed by atoms with van der Waals surface area (Å²) in [6, 6.07) is 28.0. The van der Waals surface area contributed by atoms with E-state index in [-0.39, 0.29) is 11.5 Å². The third-order valence-corrected chi connectivity index (χ3v) is 21.3. The number of anilines is 3. The minimum atomic E-state index is 0.161. The molecule has 4 aliphatic heterocycles. The van der Waals surface area contributed by atoms with E-state index >= 15 is 0 Å². The number of piperidine rings is 4. The van der Waals surface area contributed by atoms with Gasteiger partial charge in [-0.05, 0) is 156 Å². The number of aromatic amines is 2. The topological polar surface area (TPSA) is 280 Å². The number of fused-ring (bicyclic) bond motifs is 6. The highest BCUT2D eigenvalue weighted by molar-refractivity contribution is 7.22. The second-order valence-electron chi connectivity index (χ2n) is 24.1. The molecule has 0 amide bonds. The van der Waals surface area contributed by atoms with Crippen molar-refractivity contribution in [1.29, 1.82) is 5.26 Å². The van der Waals surface area contributed by atoms with E-state index in [1.54, 1.807) is 75.6 Å². The molecule has 9 aromatic heterocycles. The van der Waals surface area contributed by atoms with Gasteiger partial charge in [-0.25, -0.2) is 9.97 Å². The third-order valence-electron chi connectivity index (χ3n) is 18.1. The van der Waals surface area contributed by atoms with E-state index in [0.717, 1.165) is 131 Å². The molecule has 13 heterocycles. The summed E-state index contributed by atoms with van der Waals surface area (Å²) in [6.45, 7) is 4.30. The number of likely N-dealkylation sites (tertiary alicyclic amines) is 1. The van der Waals surface area contributed by atoms with Crippen molar-refractivity contribution in [1.82, 2.24) is 86.0 Å². The van der Waals surface area contributed by atoms with Crippen LogP contribution < -0.4 is 25.3 Å². The number of aromatic nitrogens is 14. The summed E-state index contributed by atoms with van der Waals surface area (Å²) in [4.78, 5) is 29.4. The van der Waals surface area contributed by atoms with Crippen molar-refractivity contribution in [2.75, 3.05) is 69.1 Å². The van der Waals surface area contributed by atoms with Gasteiger partial charge in [0.25, 0.3) is 0 Å². The fourth-order valence-electron chi connectivity index (χ4n) is 12.9. The molecule has 91 heavy (non-hydrogen) atoms. The fourth-order valence-corrected chi connectivity index (χ4v) is 15.8. The van der Waals surface area contributed by atoms with Crippen LogP contribution in [0.2, 0.25) is 0 Å². The lowest BCUT2D eigenvalue weighted by atomic mass is 9.83. The first-order chi connectivity index (χ1) is 44.3. The van der Waals surface area contributed by atoms with Gasteiger partial charge in [0, 0.05) is 110 Å². The Labute approximate surface area is 536 Å². The molecule has 4 saturated heterocycles. The van der Waals surface area contributed by atoms with Crippen molar-refractivity contribution in [2.45, 2.75) is 88.0 Å². The zero-order valence-corrected chi connectivity index (χ0v) is 53.6. The molecule has 12 aromatic rings. The number of nitrogens with one attached hydrogen (secondary N) is 4. The van der Waals surface area contributed by atoms with Crippen molar-refractivity contribution in [3.63, 3.8) is 0 Å². The Hall–Kier alpha value is -9.10. The first kappa shape index (κ1) is 59.5. The number of hydrogen-bond donors (Lipinski definition) is 6. The molecule has 4 fully saturated rings. The largest absolute Gasteiger partial charge is 0.507 e. The Morgan fingerprint density at radius 3 is 1.71 bits per heavy atom. The normalized spacial score (nSPS) is 18.0. The van der Waals surface area contributed by atoms with E-state index in [1.165, 1.54) is 32.1 Å². The van der Waals surface area contributed by atoms with E-state index < -0.39 is 0 Å². The summed E-state index contributed by atoms with van der Waals surface area (Å²) in [6.07, 6.45) is 19.8. The van der Waals surface area contributed by atoms with Crippen LogP contribution in [-0.2, 0) is 7.05 Å². The molecule has 23 nitrogen and oxygen atoms in total. The van der Waals surface area contributed by atoms with E-state index in [2.05, 4.69) is 121 Å². The van der Waals surface area contributed by atoms with Crippen LogP contribution in [0.15, 0.2) is 104 Å². The maximum Gasteiger partial charge on any atom is 0.194 e. The Balaban J connectivity index is 0.000000119. The average molecular weight is 1270 g/mol. The number of benzene rings is 3. The van der Waals surface area contributed by atoms with E-state index in [4.69, 9.17) is 15.0 Å². The van der Waals surface area contributed by atoms with Crippen LogP contribution >= 0.6 is 34.0 Å². The van der Waals surface area contributed by atoms with Crippen LogP contribution in [0.25, 0.3) is 98.0 Å². The standard InChI is InChI=1S/C24H25N7S.C21H23N7OS.C20H21N7OS/c1-30-13-16-9-14(8-15(12-25)22(16)29-30)20-6-7-21-23(27-20)32-24(28-21)31(2)19-10-17-4-3-5-18(11-19)26-17;1-27-7-5-15(6-8-27)28(2)21-24-20-19(30-21)10-17(25-26-20)16-4-3-13(9-18(16)29)14-11-22-23-12-14;1-27(14-4-6-21-7-5-14)20-24-19-18(29-20)9-16(25-26-19)15-3-2-12(8-17(15)28)13-10-22-23-11-13/h6-9,13,17-19,26H,3-5,10-11H2,1-2H3;3-4,9-12,15,29H,5-8H2,1-2H3,(H,22,23);2-3,8-11,14,21,28H,4-7H2,1H3,(H,22,23). The van der Waals surface area contributed by atoms with Crippen molar-refractivity contribution < 1.29 is 10.2 Å². The lowest BCUT2D eigenvalue weighted by Crippen LogP contribution is -2.54. The lowest BCUT2D eigenvalue weighted by molar-refractivity contribution is 0.219. The lowest BCUT2D eigenvalue weighted by Gasteiger charge is -2.43. The number of hydrogen-bond acceptors (Lipinski definition) is 23. The highest BCUT2D eigenvalue weighted by Crippen LogP contribution is 2.40. The first-order valence-corrected chi connectivity index (χ1v) is 33.2. The van der Waals surface area contributed by atoms with E-state index in [0.29, 0.717) is 69.6 Å². The molecule has 26 heteroatoms. The summed E-state index contributed by atoms with van der Waals surface area (Å²) < 4.78 is 3.67. The van der Waals surface area contributed by atoms with Crippen LogP contribution in [0, 0.1) is 11.3 Å². The van der Waals surface area contributed by atoms with Gasteiger partial charge in [-0.2, -0.15) is 30.5 Å². The first-order valence-electron chi connectivity index (χ1n) is 30.8. The SMILES string of the molecule is CN(c1nc2ccc(-c3cc(C#N)c4nn(C)cc4c3)nc2s1)C1CC2CCCC(C1)N2.CN(c1nc2nnc(-c3ccc(-c4cn[nH]c4)cc3O)cc2s1)C1CCNCC1.CN1CCC(N(C)c2nc3nnc(-c4ccc(-c5cn[nH]c5)cc4O)cc3s2)CC1. The number of rotatable bonds is 11. The molecule has 6 N–H and O–H groups in total. The molecule has 2 atom stereocenters. The van der Waals surface area contributed by atoms with Crippen LogP contribution in [0.5, 0.6) is 11.5 Å². The number of aryl methyl sites for hydroxylation is 1. The number of nitriles is 1. The molecule has 16 rings (SSSR count). The van der Waals surface area contributed by atoms with Gasteiger partial charge in [-0.15, -0.1) is 20.4 Å². The van der Waals surface area contributed by atoms with Crippen molar-refractivity contribution >= 4 is 91.3 Å². The molecule has 0 spiro atoms. The molecule has 3 aromatic carbocycles. The number of phenolic OH excluding ortho intramolecular Hbond substituents is 2. The zero-order valence-electron chi connectivity index (χ0n) is 51.1. The third kappa shape index (κ3) is 12.6. The Kier molecular flexibility index (Phi) is 16.8. The predicted molar refractivity (Wildman–Crippen MR) is 361 cm³/mol. The Morgan fingerprint density at radius 2 is 1.15 bits per heavy atom. The molecule has 464 valence electrons. The number of H-pyrrole nitrogens is 2. The predicted octanol–water partition coefficient (Wildman–Crippen LogP) is 10.6. The van der Waals surface area contributed by atoms with Crippen LogP contribution in [0.1, 0.15) is 63.4 Å². The second-order valence-corrected chi connectivity index (χ2v) is 27.1. The second kappa shape index (κ2) is 25.6. The minimum absolute atomic E-state index is 0.161. The van der Waals surface area contributed by atoms with Gasteiger partial charge >= 0.3 is 0 Å². The summed E-state index contributed by atoms with van der Waals surface area (Å²) in [5.41, 5.74) is 11.5.